The van der Waals surface area contributed by atoms with E-state index in [4.69, 9.17) is 4.74 Å². The minimum absolute atomic E-state index is 0.0956. The van der Waals surface area contributed by atoms with Crippen molar-refractivity contribution < 1.29 is 14.3 Å². The maximum absolute atomic E-state index is 11.4. The molecule has 0 atom stereocenters. The van der Waals surface area contributed by atoms with Gasteiger partial charge in [0.1, 0.15) is 5.41 Å². The van der Waals surface area contributed by atoms with E-state index in [2.05, 4.69) is 0 Å². The van der Waals surface area contributed by atoms with E-state index in [1.165, 1.54) is 12.2 Å². The van der Waals surface area contributed by atoms with Crippen LogP contribution in [0.2, 0.25) is 0 Å². The molecule has 1 aliphatic rings. The first-order valence-electron chi connectivity index (χ1n) is 4.18. The Morgan fingerprint density at radius 3 is 2.46 bits per heavy atom. The van der Waals surface area contributed by atoms with Gasteiger partial charge in [-0.05, 0) is 26.0 Å². The largest absolute Gasteiger partial charge is 0.465 e. The van der Waals surface area contributed by atoms with Crippen LogP contribution in [0.25, 0.3) is 0 Å². The van der Waals surface area contributed by atoms with Crippen molar-refractivity contribution >= 4 is 11.8 Å². The zero-order chi connectivity index (χ0) is 9.90. The lowest BCUT2D eigenvalue weighted by Crippen LogP contribution is -2.27. The van der Waals surface area contributed by atoms with E-state index in [0.717, 1.165) is 0 Å². The van der Waals surface area contributed by atoms with E-state index in [0.29, 0.717) is 6.61 Å². The summed E-state index contributed by atoms with van der Waals surface area (Å²) in [5, 5.41) is 0. The van der Waals surface area contributed by atoms with E-state index < -0.39 is 5.41 Å². The quantitative estimate of drug-likeness (QED) is 0.601. The van der Waals surface area contributed by atoms with Gasteiger partial charge in [-0.1, -0.05) is 12.2 Å². The highest BCUT2D eigenvalue weighted by Gasteiger charge is 2.30. The topological polar surface area (TPSA) is 43.4 Å². The van der Waals surface area contributed by atoms with Gasteiger partial charge in [-0.2, -0.15) is 0 Å². The number of hydrogen-bond acceptors (Lipinski definition) is 3. The van der Waals surface area contributed by atoms with Crippen molar-refractivity contribution in [3.8, 4) is 0 Å². The van der Waals surface area contributed by atoms with Gasteiger partial charge in [-0.25, -0.2) is 0 Å². The molecule has 0 unspecified atom stereocenters. The number of ketones is 1. The molecule has 0 spiro atoms. The SMILES string of the molecule is CCOC(=O)C1(C)C=CC(=O)C=C1. The van der Waals surface area contributed by atoms with Crippen LogP contribution in [0.1, 0.15) is 13.8 Å². The van der Waals surface area contributed by atoms with Crippen molar-refractivity contribution in [3.05, 3.63) is 24.3 Å². The second-order valence-corrected chi connectivity index (χ2v) is 3.07. The second-order valence-electron chi connectivity index (χ2n) is 3.07. The van der Waals surface area contributed by atoms with E-state index in [1.807, 2.05) is 0 Å². The highest BCUT2D eigenvalue weighted by molar-refractivity contribution is 6.02. The second kappa shape index (κ2) is 3.56. The normalized spacial score (nSPS) is 18.8. The van der Waals surface area contributed by atoms with Crippen LogP contribution in [0.15, 0.2) is 24.3 Å². The minimum atomic E-state index is -0.774. The molecule has 70 valence electrons. The summed E-state index contributed by atoms with van der Waals surface area (Å²) < 4.78 is 4.87. The lowest BCUT2D eigenvalue weighted by Gasteiger charge is -2.20. The average Bonchev–Trinajstić information content (AvgIpc) is 2.11. The van der Waals surface area contributed by atoms with Crippen molar-refractivity contribution in [2.45, 2.75) is 13.8 Å². The van der Waals surface area contributed by atoms with E-state index >= 15 is 0 Å². The molecular weight excluding hydrogens is 168 g/mol. The summed E-state index contributed by atoms with van der Waals surface area (Å²) >= 11 is 0. The van der Waals surface area contributed by atoms with Gasteiger partial charge in [-0.3, -0.25) is 9.59 Å². The summed E-state index contributed by atoms with van der Waals surface area (Å²) in [5.41, 5.74) is -0.774. The lowest BCUT2D eigenvalue weighted by atomic mass is 9.86. The highest BCUT2D eigenvalue weighted by Crippen LogP contribution is 2.25. The molecule has 0 saturated carbocycles. The predicted molar refractivity (Wildman–Crippen MR) is 48.0 cm³/mol. The van der Waals surface area contributed by atoms with Crippen LogP contribution in [0.5, 0.6) is 0 Å². The molecule has 1 rings (SSSR count). The number of allylic oxidation sites excluding steroid dienone is 2. The maximum atomic E-state index is 11.4. The zero-order valence-corrected chi connectivity index (χ0v) is 7.74. The third-order valence-corrected chi connectivity index (χ3v) is 1.90. The Bertz CT molecular complexity index is 271. The fourth-order valence-electron chi connectivity index (χ4n) is 1.04. The van der Waals surface area contributed by atoms with Crippen LogP contribution in [-0.4, -0.2) is 18.4 Å². The molecule has 0 radical (unpaired) electrons. The molecule has 13 heavy (non-hydrogen) atoms. The number of esters is 1. The van der Waals surface area contributed by atoms with Gasteiger partial charge in [0, 0.05) is 0 Å². The molecule has 3 nitrogen and oxygen atoms in total. The molecule has 3 heteroatoms. The van der Waals surface area contributed by atoms with E-state index in [9.17, 15) is 9.59 Å². The molecule has 0 amide bonds. The third-order valence-electron chi connectivity index (χ3n) is 1.90. The summed E-state index contributed by atoms with van der Waals surface area (Å²) in [6, 6.07) is 0. The molecule has 0 aromatic rings. The van der Waals surface area contributed by atoms with Crippen LogP contribution in [0.4, 0.5) is 0 Å². The fraction of sp³-hybridized carbons (Fsp3) is 0.400. The molecule has 0 bridgehead atoms. The standard InChI is InChI=1S/C10H12O3/c1-3-13-9(12)10(2)6-4-8(11)5-7-10/h4-7H,3H2,1-2H3. The summed E-state index contributed by atoms with van der Waals surface area (Å²) in [7, 11) is 0. The summed E-state index contributed by atoms with van der Waals surface area (Å²) in [4.78, 5) is 22.2. The minimum Gasteiger partial charge on any atom is -0.465 e. The number of carbonyl (C=O) groups excluding carboxylic acids is 2. The smallest absolute Gasteiger partial charge is 0.319 e. The van der Waals surface area contributed by atoms with Crippen molar-refractivity contribution in [2.24, 2.45) is 5.41 Å². The van der Waals surface area contributed by atoms with E-state index in [-0.39, 0.29) is 11.8 Å². The predicted octanol–water partition coefficient (Wildman–Crippen LogP) is 1.25. The fourth-order valence-corrected chi connectivity index (χ4v) is 1.04. The molecule has 0 N–H and O–H groups in total. The van der Waals surface area contributed by atoms with Crippen LogP contribution in [0.3, 0.4) is 0 Å². The first-order chi connectivity index (χ1) is 6.08. The Morgan fingerprint density at radius 2 is 2.00 bits per heavy atom. The van der Waals surface area contributed by atoms with Crippen LogP contribution >= 0.6 is 0 Å². The van der Waals surface area contributed by atoms with Gasteiger partial charge < -0.3 is 4.74 Å². The zero-order valence-electron chi connectivity index (χ0n) is 7.74. The maximum Gasteiger partial charge on any atom is 0.319 e. The Labute approximate surface area is 77.1 Å². The lowest BCUT2D eigenvalue weighted by molar-refractivity contribution is -0.149. The van der Waals surface area contributed by atoms with Gasteiger partial charge in [0.15, 0.2) is 5.78 Å². The number of hydrogen-bond donors (Lipinski definition) is 0. The number of ether oxygens (including phenoxy) is 1. The Morgan fingerprint density at radius 1 is 1.46 bits per heavy atom. The van der Waals surface area contributed by atoms with Crippen molar-refractivity contribution in [2.75, 3.05) is 6.61 Å². The first-order valence-corrected chi connectivity index (χ1v) is 4.18. The summed E-state index contributed by atoms with van der Waals surface area (Å²) in [5.74, 6) is -0.420. The average molecular weight is 180 g/mol. The van der Waals surface area contributed by atoms with Crippen molar-refractivity contribution in [1.29, 1.82) is 0 Å². The molecule has 0 heterocycles. The molecule has 0 aliphatic heterocycles. The van der Waals surface area contributed by atoms with Gasteiger partial charge in [0.2, 0.25) is 0 Å². The Kier molecular flexibility index (Phi) is 2.66. The number of rotatable bonds is 2. The molecule has 1 aliphatic carbocycles. The number of carbonyl (C=O) groups is 2. The molecular formula is C10H12O3. The van der Waals surface area contributed by atoms with Gasteiger partial charge in [0.05, 0.1) is 6.61 Å². The summed E-state index contributed by atoms with van der Waals surface area (Å²) in [6.07, 6.45) is 5.90. The molecule has 0 aromatic carbocycles. The molecule has 0 aromatic heterocycles. The van der Waals surface area contributed by atoms with Crippen molar-refractivity contribution in [1.82, 2.24) is 0 Å². The van der Waals surface area contributed by atoms with Gasteiger partial charge in [0.25, 0.3) is 0 Å². The highest BCUT2D eigenvalue weighted by atomic mass is 16.5. The summed E-state index contributed by atoms with van der Waals surface area (Å²) in [6.45, 7) is 3.82. The Hall–Kier alpha value is -1.38. The van der Waals surface area contributed by atoms with Crippen molar-refractivity contribution in [3.63, 3.8) is 0 Å². The Balaban J connectivity index is 2.78. The van der Waals surface area contributed by atoms with E-state index in [1.54, 1.807) is 26.0 Å². The molecule has 0 saturated heterocycles. The van der Waals surface area contributed by atoms with Crippen LogP contribution < -0.4 is 0 Å². The molecule has 0 fully saturated rings. The van der Waals surface area contributed by atoms with Crippen LogP contribution in [0, 0.1) is 5.41 Å². The van der Waals surface area contributed by atoms with Gasteiger partial charge >= 0.3 is 5.97 Å². The first kappa shape index (κ1) is 9.71. The third kappa shape index (κ3) is 2.05. The van der Waals surface area contributed by atoms with Crippen LogP contribution in [-0.2, 0) is 14.3 Å². The van der Waals surface area contributed by atoms with Gasteiger partial charge in [-0.15, -0.1) is 0 Å². The monoisotopic (exact) mass is 180 g/mol.